The molecule has 2 aromatic rings. The van der Waals surface area contributed by atoms with Crippen molar-refractivity contribution in [3.8, 4) is 11.5 Å². The highest BCUT2D eigenvalue weighted by atomic mass is 32.2. The first-order valence-corrected chi connectivity index (χ1v) is 13.8. The van der Waals surface area contributed by atoms with Crippen LogP contribution in [0.2, 0.25) is 0 Å². The third kappa shape index (κ3) is 5.25. The topological polar surface area (TPSA) is 99.2 Å². The van der Waals surface area contributed by atoms with E-state index >= 15 is 0 Å². The van der Waals surface area contributed by atoms with E-state index < -0.39 is 31.7 Å². The predicted molar refractivity (Wildman–Crippen MR) is 122 cm³/mol. The lowest BCUT2D eigenvalue weighted by atomic mass is 9.67. The van der Waals surface area contributed by atoms with Crippen LogP contribution in [0, 0.1) is 0 Å². The first-order valence-electron chi connectivity index (χ1n) is 10.1. The molecule has 3 rings (SSSR count). The Balaban J connectivity index is 2.24. The molecule has 10 heteroatoms. The van der Waals surface area contributed by atoms with Gasteiger partial charge in [-0.15, -0.1) is 0 Å². The van der Waals surface area contributed by atoms with Crippen molar-refractivity contribution in [2.75, 3.05) is 39.8 Å². The molecule has 0 bridgehead atoms. The molecule has 0 aliphatic carbocycles. The average Bonchev–Trinajstić information content (AvgIpc) is 2.93. The van der Waals surface area contributed by atoms with Gasteiger partial charge in [-0.05, 0) is 48.2 Å². The molecule has 0 spiro atoms. The van der Waals surface area contributed by atoms with E-state index in [1.165, 1.54) is 4.31 Å². The molecule has 1 heterocycles. The van der Waals surface area contributed by atoms with Crippen LogP contribution in [0.1, 0.15) is 24.0 Å². The summed E-state index contributed by atoms with van der Waals surface area (Å²) >= 11 is 0. The van der Waals surface area contributed by atoms with Crippen molar-refractivity contribution in [3.63, 3.8) is 0 Å². The monoisotopic (exact) mass is 483 g/mol. The SMILES string of the molecule is COc1ccc(C2(c3ccc(OC)cc3)CCN(S(C)(=O)=O)CCC2OS(C)(=O)=O)cc1. The Bertz CT molecular complexity index is 1080. The van der Waals surface area contributed by atoms with Gasteiger partial charge in [0, 0.05) is 18.5 Å². The fraction of sp³-hybridized carbons (Fsp3) is 0.455. The molecule has 0 N–H and O–H groups in total. The Morgan fingerprint density at radius 3 is 1.66 bits per heavy atom. The van der Waals surface area contributed by atoms with Gasteiger partial charge in [-0.1, -0.05) is 24.3 Å². The summed E-state index contributed by atoms with van der Waals surface area (Å²) in [5.74, 6) is 1.32. The Kier molecular flexibility index (Phi) is 7.18. The highest BCUT2D eigenvalue weighted by molar-refractivity contribution is 7.88. The minimum atomic E-state index is -3.82. The largest absolute Gasteiger partial charge is 0.497 e. The quantitative estimate of drug-likeness (QED) is 0.558. The maximum Gasteiger partial charge on any atom is 0.264 e. The van der Waals surface area contributed by atoms with E-state index in [2.05, 4.69) is 0 Å². The van der Waals surface area contributed by atoms with Gasteiger partial charge in [0.05, 0.1) is 32.8 Å². The van der Waals surface area contributed by atoms with E-state index in [-0.39, 0.29) is 19.5 Å². The molecular weight excluding hydrogens is 454 g/mol. The van der Waals surface area contributed by atoms with Crippen LogP contribution >= 0.6 is 0 Å². The maximum absolute atomic E-state index is 12.3. The van der Waals surface area contributed by atoms with Gasteiger partial charge in [-0.2, -0.15) is 8.42 Å². The molecule has 1 atom stereocenters. The van der Waals surface area contributed by atoms with Gasteiger partial charge in [0.2, 0.25) is 10.0 Å². The molecule has 8 nitrogen and oxygen atoms in total. The van der Waals surface area contributed by atoms with Crippen molar-refractivity contribution in [2.45, 2.75) is 24.4 Å². The van der Waals surface area contributed by atoms with Gasteiger partial charge in [0.1, 0.15) is 11.5 Å². The predicted octanol–water partition coefficient (Wildman–Crippen LogP) is 2.39. The normalized spacial score (nSPS) is 19.8. The van der Waals surface area contributed by atoms with Crippen LogP contribution in [0.4, 0.5) is 0 Å². The first kappa shape index (κ1) is 24.5. The number of nitrogens with zero attached hydrogens (tertiary/aromatic N) is 1. The number of benzene rings is 2. The number of hydrogen-bond donors (Lipinski definition) is 0. The Hall–Kier alpha value is -2.14. The van der Waals surface area contributed by atoms with Crippen molar-refractivity contribution < 1.29 is 30.5 Å². The lowest BCUT2D eigenvalue weighted by Gasteiger charge is -2.40. The fourth-order valence-electron chi connectivity index (χ4n) is 4.36. The lowest BCUT2D eigenvalue weighted by Crippen LogP contribution is -2.43. The summed E-state index contributed by atoms with van der Waals surface area (Å²) in [5.41, 5.74) is 0.709. The smallest absolute Gasteiger partial charge is 0.264 e. The van der Waals surface area contributed by atoms with Crippen LogP contribution in [0.25, 0.3) is 0 Å². The summed E-state index contributed by atoms with van der Waals surface area (Å²) in [7, 11) is -4.15. The molecule has 176 valence electrons. The number of methoxy groups -OCH3 is 2. The van der Waals surface area contributed by atoms with Crippen LogP contribution in [-0.2, 0) is 29.7 Å². The standard InChI is InChI=1S/C22H29NO7S2/c1-28-19-9-5-17(6-10-19)22(18-7-11-20(29-2)12-8-18)14-16-23(31(3,24)25)15-13-21(22)30-32(4,26)27/h5-12,21H,13-16H2,1-4H3. The van der Waals surface area contributed by atoms with E-state index in [0.29, 0.717) is 17.9 Å². The number of hydrogen-bond acceptors (Lipinski definition) is 7. The van der Waals surface area contributed by atoms with Gasteiger partial charge >= 0.3 is 0 Å². The second kappa shape index (κ2) is 9.38. The second-order valence-corrected chi connectivity index (χ2v) is 11.5. The van der Waals surface area contributed by atoms with Crippen LogP contribution < -0.4 is 9.47 Å². The molecule has 0 aromatic heterocycles. The van der Waals surface area contributed by atoms with Crippen LogP contribution in [0.5, 0.6) is 11.5 Å². The van der Waals surface area contributed by atoms with Crippen LogP contribution in [0.3, 0.4) is 0 Å². The highest BCUT2D eigenvalue weighted by Gasteiger charge is 2.47. The zero-order valence-corrected chi connectivity index (χ0v) is 20.3. The van der Waals surface area contributed by atoms with Crippen molar-refractivity contribution in [1.29, 1.82) is 0 Å². The lowest BCUT2D eigenvalue weighted by molar-refractivity contribution is 0.131. The molecule has 1 saturated heterocycles. The highest BCUT2D eigenvalue weighted by Crippen LogP contribution is 2.45. The van der Waals surface area contributed by atoms with E-state index in [9.17, 15) is 16.8 Å². The fourth-order valence-corrected chi connectivity index (χ4v) is 5.90. The third-order valence-electron chi connectivity index (χ3n) is 5.92. The first-order chi connectivity index (χ1) is 15.0. The van der Waals surface area contributed by atoms with E-state index in [0.717, 1.165) is 23.6 Å². The Labute approximate surface area is 190 Å². The third-order valence-corrected chi connectivity index (χ3v) is 7.80. The van der Waals surface area contributed by atoms with Gasteiger partial charge in [0.15, 0.2) is 0 Å². The molecule has 1 aliphatic heterocycles. The van der Waals surface area contributed by atoms with Crippen LogP contribution in [0.15, 0.2) is 48.5 Å². The Morgan fingerprint density at radius 1 is 0.812 bits per heavy atom. The summed E-state index contributed by atoms with van der Waals surface area (Å²) in [5, 5.41) is 0. The maximum atomic E-state index is 12.3. The molecular formula is C22H29NO7S2. The molecule has 1 fully saturated rings. The van der Waals surface area contributed by atoms with Gasteiger partial charge in [-0.3, -0.25) is 4.18 Å². The number of rotatable bonds is 7. The summed E-state index contributed by atoms with van der Waals surface area (Å²) in [6, 6.07) is 14.7. The average molecular weight is 484 g/mol. The van der Waals surface area contributed by atoms with E-state index in [1.54, 1.807) is 38.5 Å². The van der Waals surface area contributed by atoms with Crippen molar-refractivity contribution in [1.82, 2.24) is 4.31 Å². The molecule has 0 saturated carbocycles. The van der Waals surface area contributed by atoms with Gasteiger partial charge < -0.3 is 9.47 Å². The van der Waals surface area contributed by atoms with Crippen LogP contribution in [-0.4, -0.2) is 67.1 Å². The van der Waals surface area contributed by atoms with E-state index in [1.807, 2.05) is 24.3 Å². The van der Waals surface area contributed by atoms with Crippen molar-refractivity contribution in [3.05, 3.63) is 59.7 Å². The van der Waals surface area contributed by atoms with Gasteiger partial charge in [0.25, 0.3) is 10.1 Å². The summed E-state index contributed by atoms with van der Waals surface area (Å²) < 4.78 is 66.7. The molecule has 1 unspecified atom stereocenters. The number of sulfonamides is 1. The molecule has 0 amide bonds. The number of ether oxygens (including phenoxy) is 2. The zero-order chi connectivity index (χ0) is 23.6. The minimum absolute atomic E-state index is 0.160. The molecule has 0 radical (unpaired) electrons. The molecule has 1 aliphatic rings. The molecule has 32 heavy (non-hydrogen) atoms. The zero-order valence-electron chi connectivity index (χ0n) is 18.6. The summed E-state index contributed by atoms with van der Waals surface area (Å²) in [6.45, 7) is 0.383. The van der Waals surface area contributed by atoms with Gasteiger partial charge in [-0.25, -0.2) is 12.7 Å². The van der Waals surface area contributed by atoms with E-state index in [4.69, 9.17) is 13.7 Å². The molecule has 2 aromatic carbocycles. The van der Waals surface area contributed by atoms with Crippen molar-refractivity contribution >= 4 is 20.1 Å². The second-order valence-electron chi connectivity index (χ2n) is 7.92. The van der Waals surface area contributed by atoms with Crippen molar-refractivity contribution in [2.24, 2.45) is 0 Å². The summed E-state index contributed by atoms with van der Waals surface area (Å²) in [6.07, 6.45) is 1.90. The Morgan fingerprint density at radius 2 is 1.28 bits per heavy atom. The summed E-state index contributed by atoms with van der Waals surface area (Å²) in [4.78, 5) is 0. The minimum Gasteiger partial charge on any atom is -0.497 e.